The second kappa shape index (κ2) is 11.9. The van der Waals surface area contributed by atoms with E-state index < -0.39 is 0 Å². The molecule has 0 radical (unpaired) electrons. The quantitative estimate of drug-likeness (QED) is 0.378. The third-order valence-corrected chi connectivity index (χ3v) is 11.0. The van der Waals surface area contributed by atoms with Gasteiger partial charge in [0, 0.05) is 0 Å². The summed E-state index contributed by atoms with van der Waals surface area (Å²) >= 11 is 4.26. The van der Waals surface area contributed by atoms with Crippen LogP contribution in [-0.2, 0) is 0 Å². The molecule has 2 aromatic rings. The van der Waals surface area contributed by atoms with Crippen molar-refractivity contribution in [1.29, 1.82) is 5.26 Å². The molecule has 33 heavy (non-hydrogen) atoms. The average Bonchev–Trinajstić information content (AvgIpc) is 2.89. The highest BCUT2D eigenvalue weighted by Gasteiger charge is 2.35. The molecular formula is C30H39NS2. The van der Waals surface area contributed by atoms with Gasteiger partial charge in [0.05, 0.1) is 16.1 Å². The number of nitrogens with zero attached hydrogens (tertiary/aromatic N) is 1. The molecular weight excluding hydrogens is 438 g/mol. The summed E-state index contributed by atoms with van der Waals surface area (Å²) in [4.78, 5) is 0. The van der Waals surface area contributed by atoms with Crippen LogP contribution in [0.2, 0.25) is 0 Å². The summed E-state index contributed by atoms with van der Waals surface area (Å²) < 4.78 is 0.596. The van der Waals surface area contributed by atoms with Crippen LogP contribution in [0.4, 0.5) is 0 Å². The standard InChI is InChI=1S/C30H39NS2/c1-3-5-17-30(22-31)18-15-27(16-19-30)26-9-7-24(8-10-26)25-11-13-28(14-12-25)29-32-20-23(6-4-2)21-33-29/h7-14,23,27,29H,3-6,15-21H2,1-2H3. The molecule has 0 unspecified atom stereocenters. The normalized spacial score (nSPS) is 27.7. The van der Waals surface area contributed by atoms with Crippen molar-refractivity contribution in [2.24, 2.45) is 11.3 Å². The summed E-state index contributed by atoms with van der Waals surface area (Å²) in [5.74, 6) is 4.13. The summed E-state index contributed by atoms with van der Waals surface area (Å²) in [5, 5.41) is 9.77. The van der Waals surface area contributed by atoms with Gasteiger partial charge in [-0.3, -0.25) is 0 Å². The Morgan fingerprint density at radius 1 is 0.848 bits per heavy atom. The van der Waals surface area contributed by atoms with Crippen molar-refractivity contribution in [1.82, 2.24) is 0 Å². The number of nitriles is 1. The molecule has 4 rings (SSSR count). The maximum absolute atomic E-state index is 9.77. The Hall–Kier alpha value is -1.37. The highest BCUT2D eigenvalue weighted by Crippen LogP contribution is 2.47. The van der Waals surface area contributed by atoms with E-state index in [2.05, 4.69) is 92.0 Å². The molecule has 0 aromatic heterocycles. The van der Waals surface area contributed by atoms with Crippen LogP contribution in [-0.4, -0.2) is 11.5 Å². The minimum Gasteiger partial charge on any atom is -0.198 e. The SMILES string of the molecule is CCCCC1(C#N)CCC(c2ccc(-c3ccc(C4SCC(CCC)CS4)cc3)cc2)CC1. The third kappa shape index (κ3) is 6.20. The number of thioether (sulfide) groups is 2. The summed E-state index contributed by atoms with van der Waals surface area (Å²) in [6.07, 6.45) is 10.6. The van der Waals surface area contributed by atoms with Gasteiger partial charge >= 0.3 is 0 Å². The number of rotatable bonds is 8. The zero-order chi connectivity index (χ0) is 23.1. The fraction of sp³-hybridized carbons (Fsp3) is 0.567. The Kier molecular flexibility index (Phi) is 8.89. The molecule has 1 nitrogen and oxygen atoms in total. The van der Waals surface area contributed by atoms with E-state index in [1.807, 2.05) is 0 Å². The van der Waals surface area contributed by atoms with Gasteiger partial charge in [0.2, 0.25) is 0 Å². The Morgan fingerprint density at radius 2 is 1.42 bits per heavy atom. The van der Waals surface area contributed by atoms with Crippen molar-refractivity contribution in [3.05, 3.63) is 59.7 Å². The van der Waals surface area contributed by atoms with Crippen molar-refractivity contribution in [2.75, 3.05) is 11.5 Å². The average molecular weight is 478 g/mol. The predicted octanol–water partition coefficient (Wildman–Crippen LogP) is 9.61. The molecule has 1 aliphatic heterocycles. The lowest BCUT2D eigenvalue weighted by molar-refractivity contribution is 0.224. The summed E-state index contributed by atoms with van der Waals surface area (Å²) in [5.41, 5.74) is 5.48. The van der Waals surface area contributed by atoms with Crippen LogP contribution < -0.4 is 0 Å². The van der Waals surface area contributed by atoms with Gasteiger partial charge < -0.3 is 0 Å². The number of hydrogen-bond donors (Lipinski definition) is 0. The highest BCUT2D eigenvalue weighted by molar-refractivity contribution is 8.16. The predicted molar refractivity (Wildman–Crippen MR) is 147 cm³/mol. The van der Waals surface area contributed by atoms with Gasteiger partial charge in [0.1, 0.15) is 0 Å². The van der Waals surface area contributed by atoms with Crippen LogP contribution in [0.5, 0.6) is 0 Å². The Bertz CT molecular complexity index is 896. The number of benzene rings is 2. The van der Waals surface area contributed by atoms with Crippen molar-refractivity contribution in [3.63, 3.8) is 0 Å². The van der Waals surface area contributed by atoms with E-state index in [9.17, 15) is 5.26 Å². The van der Waals surface area contributed by atoms with Crippen LogP contribution in [0.25, 0.3) is 11.1 Å². The van der Waals surface area contributed by atoms with E-state index >= 15 is 0 Å². The minimum atomic E-state index is -0.0555. The van der Waals surface area contributed by atoms with E-state index in [1.54, 1.807) is 0 Å². The molecule has 1 heterocycles. The zero-order valence-corrected chi connectivity index (χ0v) is 22.0. The zero-order valence-electron chi connectivity index (χ0n) is 20.4. The van der Waals surface area contributed by atoms with Crippen LogP contribution in [0.15, 0.2) is 48.5 Å². The first-order chi connectivity index (χ1) is 16.2. The van der Waals surface area contributed by atoms with Crippen molar-refractivity contribution < 1.29 is 0 Å². The molecule has 2 aromatic carbocycles. The third-order valence-electron chi connectivity index (χ3n) is 7.75. The fourth-order valence-electron chi connectivity index (χ4n) is 5.53. The van der Waals surface area contributed by atoms with Gasteiger partial charge in [0.25, 0.3) is 0 Å². The van der Waals surface area contributed by atoms with Gasteiger partial charge in [-0.25, -0.2) is 0 Å². The highest BCUT2D eigenvalue weighted by atomic mass is 32.2. The molecule has 0 atom stereocenters. The maximum Gasteiger partial charge on any atom is 0.0751 e. The second-order valence-electron chi connectivity index (χ2n) is 10.2. The molecule has 1 saturated heterocycles. The van der Waals surface area contributed by atoms with Gasteiger partial charge in [0.15, 0.2) is 0 Å². The van der Waals surface area contributed by atoms with Crippen LogP contribution in [0.1, 0.15) is 93.3 Å². The van der Waals surface area contributed by atoms with E-state index in [-0.39, 0.29) is 5.41 Å². The maximum atomic E-state index is 9.77. The van der Waals surface area contributed by atoms with E-state index in [1.165, 1.54) is 59.4 Å². The van der Waals surface area contributed by atoms with Crippen LogP contribution in [0.3, 0.4) is 0 Å². The molecule has 1 saturated carbocycles. The Balaban J connectivity index is 1.34. The molecule has 0 bridgehead atoms. The molecule has 3 heteroatoms. The topological polar surface area (TPSA) is 23.8 Å². The number of unbranched alkanes of at least 4 members (excludes halogenated alkanes) is 1. The van der Waals surface area contributed by atoms with Gasteiger partial charge in [-0.15, -0.1) is 23.5 Å². The molecule has 1 aliphatic carbocycles. The first kappa shape index (κ1) is 24.7. The number of hydrogen-bond acceptors (Lipinski definition) is 3. The second-order valence-corrected chi connectivity index (χ2v) is 12.7. The monoisotopic (exact) mass is 477 g/mol. The van der Waals surface area contributed by atoms with E-state index in [0.29, 0.717) is 10.5 Å². The molecule has 0 amide bonds. The van der Waals surface area contributed by atoms with Gasteiger partial charge in [-0.1, -0.05) is 81.6 Å². The first-order valence-electron chi connectivity index (χ1n) is 13.0. The Morgan fingerprint density at radius 3 is 1.94 bits per heavy atom. The lowest BCUT2D eigenvalue weighted by Crippen LogP contribution is -2.25. The summed E-state index contributed by atoms with van der Waals surface area (Å²) in [6, 6.07) is 21.2. The molecule has 176 valence electrons. The fourth-order valence-corrected chi connectivity index (χ4v) is 8.70. The van der Waals surface area contributed by atoms with Crippen LogP contribution >= 0.6 is 23.5 Å². The van der Waals surface area contributed by atoms with Gasteiger partial charge in [-0.05, 0) is 84.1 Å². The van der Waals surface area contributed by atoms with Crippen molar-refractivity contribution in [2.45, 2.75) is 82.1 Å². The van der Waals surface area contributed by atoms with E-state index in [4.69, 9.17) is 0 Å². The largest absolute Gasteiger partial charge is 0.198 e. The lowest BCUT2D eigenvalue weighted by Gasteiger charge is -2.35. The molecule has 0 N–H and O–H groups in total. The summed E-state index contributed by atoms with van der Waals surface area (Å²) in [7, 11) is 0. The lowest BCUT2D eigenvalue weighted by atomic mass is 9.67. The molecule has 2 aliphatic rings. The van der Waals surface area contributed by atoms with Crippen molar-refractivity contribution >= 4 is 23.5 Å². The minimum absolute atomic E-state index is 0.0555. The Labute approximate surface area is 210 Å². The van der Waals surface area contributed by atoms with Crippen LogP contribution in [0, 0.1) is 22.7 Å². The summed E-state index contributed by atoms with van der Waals surface area (Å²) in [6.45, 7) is 4.53. The smallest absolute Gasteiger partial charge is 0.0751 e. The van der Waals surface area contributed by atoms with E-state index in [0.717, 1.165) is 38.0 Å². The van der Waals surface area contributed by atoms with Crippen molar-refractivity contribution in [3.8, 4) is 17.2 Å². The molecule has 0 spiro atoms. The molecule has 2 fully saturated rings. The first-order valence-corrected chi connectivity index (χ1v) is 15.1. The van der Waals surface area contributed by atoms with Gasteiger partial charge in [-0.2, -0.15) is 5.26 Å².